The van der Waals surface area contributed by atoms with Gasteiger partial charge in [-0.1, -0.05) is 37.5 Å². The third-order valence-electron chi connectivity index (χ3n) is 2.58. The summed E-state index contributed by atoms with van der Waals surface area (Å²) in [6.07, 6.45) is 10.5. The van der Waals surface area contributed by atoms with Crippen LogP contribution in [0.25, 0.3) is 0 Å². The average molecular weight is 228 g/mol. The van der Waals surface area contributed by atoms with Crippen LogP contribution in [0, 0.1) is 0 Å². The molecule has 2 rings (SSSR count). The van der Waals surface area contributed by atoms with Crippen LogP contribution >= 0.6 is 12.6 Å². The first kappa shape index (κ1) is 11.0. The Labute approximate surface area is 101 Å². The van der Waals surface area contributed by atoms with Gasteiger partial charge in [-0.15, -0.1) is 12.6 Å². The Morgan fingerprint density at radius 3 is 2.56 bits per heavy atom. The van der Waals surface area contributed by atoms with Gasteiger partial charge in [0.25, 0.3) is 0 Å². The lowest BCUT2D eigenvalue weighted by atomic mass is 10.0. The largest absolute Gasteiger partial charge is 0.289 e. The fourth-order valence-corrected chi connectivity index (χ4v) is 1.97. The zero-order chi connectivity index (χ0) is 11.7. The molecule has 0 bridgehead atoms. The Balaban J connectivity index is 2.60. The molecule has 0 saturated heterocycles. The highest BCUT2D eigenvalue weighted by Gasteiger charge is 2.28. The van der Waals surface area contributed by atoms with Crippen molar-refractivity contribution in [2.45, 2.75) is 6.42 Å². The second kappa shape index (κ2) is 4.14. The van der Waals surface area contributed by atoms with Crippen LogP contribution in [0.5, 0.6) is 0 Å². The minimum Gasteiger partial charge on any atom is -0.289 e. The lowest BCUT2D eigenvalue weighted by Crippen LogP contribution is -1.96. The molecule has 0 fully saturated rings. The van der Waals surface area contributed by atoms with E-state index < -0.39 is 0 Å². The van der Waals surface area contributed by atoms with Crippen LogP contribution in [0.2, 0.25) is 0 Å². The van der Waals surface area contributed by atoms with E-state index in [4.69, 9.17) is 0 Å². The molecule has 0 saturated carbocycles. The van der Waals surface area contributed by atoms with E-state index in [1.54, 1.807) is 6.08 Å². The molecule has 2 aliphatic rings. The predicted molar refractivity (Wildman–Crippen MR) is 70.3 cm³/mol. The molecule has 2 heteroatoms. The van der Waals surface area contributed by atoms with Crippen molar-refractivity contribution in [2.24, 2.45) is 0 Å². The highest BCUT2D eigenvalue weighted by atomic mass is 32.1. The Hall–Kier alpha value is -1.54. The molecule has 1 nitrogen and oxygen atoms in total. The molecule has 0 aromatic heterocycles. The number of carbonyl (C=O) groups excluding carboxylic acids is 1. The normalized spacial score (nSPS) is 21.7. The molecular weight excluding hydrogens is 216 g/mol. The molecule has 0 spiro atoms. The number of rotatable bonds is 1. The van der Waals surface area contributed by atoms with E-state index in [9.17, 15) is 4.79 Å². The van der Waals surface area contributed by atoms with Crippen molar-refractivity contribution in [1.82, 2.24) is 0 Å². The SMILES string of the molecule is C=C(S)/C=C1\C(=C)C(=O)C2=C1C=CCC=C2. The van der Waals surface area contributed by atoms with Crippen LogP contribution in [0.1, 0.15) is 6.42 Å². The van der Waals surface area contributed by atoms with Gasteiger partial charge >= 0.3 is 0 Å². The molecular formula is C14H12OS. The topological polar surface area (TPSA) is 17.1 Å². The summed E-state index contributed by atoms with van der Waals surface area (Å²) >= 11 is 4.14. The van der Waals surface area contributed by atoms with Gasteiger partial charge in [-0.05, 0) is 28.5 Å². The molecule has 0 aromatic rings. The first-order valence-corrected chi connectivity index (χ1v) is 5.47. The maximum absolute atomic E-state index is 11.9. The molecule has 80 valence electrons. The van der Waals surface area contributed by atoms with Crippen LogP contribution in [0.3, 0.4) is 0 Å². The van der Waals surface area contributed by atoms with E-state index in [1.807, 2.05) is 24.3 Å². The summed E-state index contributed by atoms with van der Waals surface area (Å²) in [7, 11) is 0. The fourth-order valence-electron chi connectivity index (χ4n) is 1.84. The molecule has 16 heavy (non-hydrogen) atoms. The van der Waals surface area contributed by atoms with Crippen molar-refractivity contribution >= 4 is 18.4 Å². The number of thiol groups is 1. The highest BCUT2D eigenvalue weighted by molar-refractivity contribution is 7.84. The summed E-state index contributed by atoms with van der Waals surface area (Å²) in [6.45, 7) is 7.53. The minimum atomic E-state index is -0.00127. The van der Waals surface area contributed by atoms with Gasteiger partial charge in [0.15, 0.2) is 5.78 Å². The van der Waals surface area contributed by atoms with Crippen LogP contribution in [-0.2, 0) is 4.79 Å². The Morgan fingerprint density at radius 2 is 1.94 bits per heavy atom. The zero-order valence-corrected chi connectivity index (χ0v) is 9.76. The van der Waals surface area contributed by atoms with Gasteiger partial charge in [-0.2, -0.15) is 0 Å². The first-order valence-electron chi connectivity index (χ1n) is 5.02. The van der Waals surface area contributed by atoms with Crippen molar-refractivity contribution in [3.05, 3.63) is 70.7 Å². The number of hydrogen-bond acceptors (Lipinski definition) is 2. The Kier molecular flexibility index (Phi) is 2.84. The highest BCUT2D eigenvalue weighted by Crippen LogP contribution is 2.36. The van der Waals surface area contributed by atoms with Gasteiger partial charge in [-0.25, -0.2) is 0 Å². The van der Waals surface area contributed by atoms with E-state index >= 15 is 0 Å². The molecule has 2 aliphatic carbocycles. The fraction of sp³-hybridized carbons (Fsp3) is 0.0714. The van der Waals surface area contributed by atoms with Crippen LogP contribution in [0.4, 0.5) is 0 Å². The number of Topliss-reactive ketones (excluding diaryl/α,β-unsaturated/α-hetero) is 1. The molecule has 0 atom stereocenters. The standard InChI is InChI=1S/C14H12OS/c1-9(16)8-13-10(2)14(15)12-7-5-3-4-6-11(12)13/h4-8,16H,1-3H2/b13-8+. The monoisotopic (exact) mass is 228 g/mol. The number of allylic oxidation sites excluding steroid dienone is 9. The quantitative estimate of drug-likeness (QED) is 0.538. The second-order valence-corrected chi connectivity index (χ2v) is 4.30. The third kappa shape index (κ3) is 1.76. The Morgan fingerprint density at radius 1 is 1.31 bits per heavy atom. The molecule has 0 heterocycles. The minimum absolute atomic E-state index is 0.00127. The van der Waals surface area contributed by atoms with E-state index in [-0.39, 0.29) is 5.78 Å². The van der Waals surface area contributed by atoms with E-state index in [1.165, 1.54) is 0 Å². The molecule has 0 N–H and O–H groups in total. The summed E-state index contributed by atoms with van der Waals surface area (Å²) in [5, 5.41) is 0. The average Bonchev–Trinajstić information content (AvgIpc) is 2.48. The third-order valence-corrected chi connectivity index (χ3v) is 2.71. The summed E-state index contributed by atoms with van der Waals surface area (Å²) in [5.41, 5.74) is 3.01. The van der Waals surface area contributed by atoms with Gasteiger partial charge < -0.3 is 0 Å². The number of carbonyl (C=O) groups is 1. The van der Waals surface area contributed by atoms with E-state index in [0.717, 1.165) is 23.1 Å². The number of hydrogen-bond donors (Lipinski definition) is 1. The predicted octanol–water partition coefficient (Wildman–Crippen LogP) is 3.31. The molecule has 0 aliphatic heterocycles. The molecule has 0 amide bonds. The number of ketones is 1. The molecule has 0 radical (unpaired) electrons. The van der Waals surface area contributed by atoms with Gasteiger partial charge in [0.05, 0.1) is 0 Å². The summed E-state index contributed by atoms with van der Waals surface area (Å²) < 4.78 is 0. The van der Waals surface area contributed by atoms with Crippen molar-refractivity contribution in [2.75, 3.05) is 0 Å². The van der Waals surface area contributed by atoms with Crippen LogP contribution in [0.15, 0.2) is 70.7 Å². The zero-order valence-electron chi connectivity index (χ0n) is 8.86. The van der Waals surface area contributed by atoms with Gasteiger partial charge in [0.1, 0.15) is 0 Å². The van der Waals surface area contributed by atoms with Crippen molar-refractivity contribution in [3.63, 3.8) is 0 Å². The van der Waals surface area contributed by atoms with Crippen molar-refractivity contribution in [3.8, 4) is 0 Å². The molecule has 0 unspecified atom stereocenters. The van der Waals surface area contributed by atoms with Crippen molar-refractivity contribution in [1.29, 1.82) is 0 Å². The van der Waals surface area contributed by atoms with Gasteiger partial charge in [0, 0.05) is 11.1 Å². The van der Waals surface area contributed by atoms with Gasteiger partial charge in [-0.3, -0.25) is 4.79 Å². The molecule has 0 aromatic carbocycles. The summed E-state index contributed by atoms with van der Waals surface area (Å²) in [5.74, 6) is -0.00127. The van der Waals surface area contributed by atoms with E-state index in [0.29, 0.717) is 10.5 Å². The summed E-state index contributed by atoms with van der Waals surface area (Å²) in [6, 6.07) is 0. The lowest BCUT2D eigenvalue weighted by molar-refractivity contribution is -0.111. The maximum atomic E-state index is 11.9. The summed E-state index contributed by atoms with van der Waals surface area (Å²) in [4.78, 5) is 12.6. The van der Waals surface area contributed by atoms with Crippen LogP contribution < -0.4 is 0 Å². The van der Waals surface area contributed by atoms with Crippen LogP contribution in [-0.4, -0.2) is 5.78 Å². The Bertz CT molecular complexity index is 513. The first-order chi connectivity index (χ1) is 7.61. The lowest BCUT2D eigenvalue weighted by Gasteiger charge is -2.00. The smallest absolute Gasteiger partial charge is 0.193 e. The second-order valence-electron chi connectivity index (χ2n) is 3.72. The maximum Gasteiger partial charge on any atom is 0.193 e. The van der Waals surface area contributed by atoms with Crippen molar-refractivity contribution < 1.29 is 4.79 Å². The van der Waals surface area contributed by atoms with Gasteiger partial charge in [0.2, 0.25) is 0 Å². The van der Waals surface area contributed by atoms with E-state index in [2.05, 4.69) is 25.8 Å².